The highest BCUT2D eigenvalue weighted by Gasteiger charge is 2.27. The molecule has 2 amide bonds. The van der Waals surface area contributed by atoms with Crippen molar-refractivity contribution < 1.29 is 9.59 Å². The molecule has 114 valence electrons. The van der Waals surface area contributed by atoms with Crippen LogP contribution >= 0.6 is 11.3 Å². The fourth-order valence-electron chi connectivity index (χ4n) is 2.87. The summed E-state index contributed by atoms with van der Waals surface area (Å²) < 4.78 is 0. The van der Waals surface area contributed by atoms with Crippen molar-refractivity contribution >= 4 is 28.2 Å². The molecule has 1 aliphatic rings. The van der Waals surface area contributed by atoms with Crippen LogP contribution in [0.3, 0.4) is 0 Å². The topological polar surface area (TPSA) is 72.2 Å². The van der Waals surface area contributed by atoms with Gasteiger partial charge >= 0.3 is 0 Å². The number of carbonyl (C=O) groups excluding carboxylic acids is 2. The fraction of sp³-hybridized carbons (Fsp3) is 0.294. The van der Waals surface area contributed by atoms with Gasteiger partial charge in [0.15, 0.2) is 0 Å². The van der Waals surface area contributed by atoms with Gasteiger partial charge in [0.05, 0.1) is 5.56 Å². The average Bonchev–Trinajstić information content (AvgIpc) is 2.85. The highest BCUT2D eigenvalue weighted by atomic mass is 32.1. The lowest BCUT2D eigenvalue weighted by Gasteiger charge is -2.18. The summed E-state index contributed by atoms with van der Waals surface area (Å²) in [5.41, 5.74) is 7.65. The van der Waals surface area contributed by atoms with Crippen molar-refractivity contribution in [1.29, 1.82) is 0 Å². The van der Waals surface area contributed by atoms with Gasteiger partial charge in [-0.25, -0.2) is 0 Å². The van der Waals surface area contributed by atoms with Crippen molar-refractivity contribution in [3.05, 3.63) is 51.9 Å². The van der Waals surface area contributed by atoms with Crippen LogP contribution < -0.4 is 11.1 Å². The Morgan fingerprint density at radius 1 is 1.27 bits per heavy atom. The third kappa shape index (κ3) is 2.76. The molecule has 5 heteroatoms. The lowest BCUT2D eigenvalue weighted by atomic mass is 9.87. The number of hydrogen-bond acceptors (Lipinski definition) is 3. The van der Waals surface area contributed by atoms with E-state index in [4.69, 9.17) is 5.73 Å². The Balaban J connectivity index is 1.94. The zero-order valence-electron chi connectivity index (χ0n) is 12.4. The molecule has 0 fully saturated rings. The molecule has 1 unspecified atom stereocenters. The normalized spacial score (nSPS) is 16.9. The van der Waals surface area contributed by atoms with E-state index in [0.29, 0.717) is 22.0 Å². The smallest absolute Gasteiger partial charge is 0.256 e. The van der Waals surface area contributed by atoms with Crippen LogP contribution in [0, 0.1) is 5.92 Å². The predicted molar refractivity (Wildman–Crippen MR) is 88.4 cm³/mol. The van der Waals surface area contributed by atoms with Crippen molar-refractivity contribution in [3.63, 3.8) is 0 Å². The second-order valence-electron chi connectivity index (χ2n) is 5.74. The molecule has 0 saturated carbocycles. The second kappa shape index (κ2) is 5.93. The van der Waals surface area contributed by atoms with Crippen LogP contribution in [-0.4, -0.2) is 11.8 Å². The molecule has 0 aliphatic heterocycles. The first kappa shape index (κ1) is 14.8. The Labute approximate surface area is 133 Å². The van der Waals surface area contributed by atoms with E-state index < -0.39 is 5.91 Å². The largest absolute Gasteiger partial charge is 0.365 e. The van der Waals surface area contributed by atoms with Crippen LogP contribution in [0.15, 0.2) is 30.3 Å². The molecule has 22 heavy (non-hydrogen) atoms. The van der Waals surface area contributed by atoms with Gasteiger partial charge in [-0.1, -0.05) is 25.1 Å². The summed E-state index contributed by atoms with van der Waals surface area (Å²) in [6.45, 7) is 2.17. The Hall–Kier alpha value is -2.14. The summed E-state index contributed by atoms with van der Waals surface area (Å²) in [6.07, 6.45) is 2.91. The average molecular weight is 314 g/mol. The van der Waals surface area contributed by atoms with E-state index in [-0.39, 0.29) is 5.91 Å². The number of nitrogens with one attached hydrogen (secondary N) is 1. The standard InChI is InChI=1S/C17H18N2O2S/c1-10-7-8-13-12(9-10)14(15(18)20)17(22-13)19-16(21)11-5-3-2-4-6-11/h2-6,10H,7-9H2,1H3,(H2,18,20)(H,19,21). The molecule has 3 rings (SSSR count). The van der Waals surface area contributed by atoms with E-state index in [1.807, 2.05) is 18.2 Å². The molecule has 1 atom stereocenters. The van der Waals surface area contributed by atoms with Crippen LogP contribution in [-0.2, 0) is 12.8 Å². The lowest BCUT2D eigenvalue weighted by molar-refractivity contribution is 0.1000. The molecule has 1 aromatic carbocycles. The van der Waals surface area contributed by atoms with E-state index in [1.165, 1.54) is 16.2 Å². The number of amides is 2. The Morgan fingerprint density at radius 3 is 2.68 bits per heavy atom. The third-order valence-corrected chi connectivity index (χ3v) is 5.22. The van der Waals surface area contributed by atoms with E-state index in [9.17, 15) is 9.59 Å². The highest BCUT2D eigenvalue weighted by molar-refractivity contribution is 7.17. The summed E-state index contributed by atoms with van der Waals surface area (Å²) in [6, 6.07) is 8.97. The summed E-state index contributed by atoms with van der Waals surface area (Å²) >= 11 is 1.48. The van der Waals surface area contributed by atoms with Crippen LogP contribution in [0.1, 0.15) is 44.5 Å². The molecule has 2 aromatic rings. The van der Waals surface area contributed by atoms with Gasteiger partial charge in [-0.3, -0.25) is 9.59 Å². The van der Waals surface area contributed by atoms with Crippen molar-refractivity contribution in [2.75, 3.05) is 5.32 Å². The first-order valence-electron chi connectivity index (χ1n) is 7.37. The Morgan fingerprint density at radius 2 is 2.00 bits per heavy atom. The number of primary amides is 1. The molecule has 3 N–H and O–H groups in total. The summed E-state index contributed by atoms with van der Waals surface area (Å²) in [4.78, 5) is 25.3. The van der Waals surface area contributed by atoms with Crippen molar-refractivity contribution in [3.8, 4) is 0 Å². The molecular weight excluding hydrogens is 296 g/mol. The minimum Gasteiger partial charge on any atom is -0.365 e. The van der Waals surface area contributed by atoms with E-state index in [2.05, 4.69) is 12.2 Å². The zero-order valence-corrected chi connectivity index (χ0v) is 13.2. The number of hydrogen-bond donors (Lipinski definition) is 2. The molecule has 1 aliphatic carbocycles. The second-order valence-corrected chi connectivity index (χ2v) is 6.85. The number of nitrogens with two attached hydrogens (primary N) is 1. The van der Waals surface area contributed by atoms with Gasteiger partial charge in [-0.15, -0.1) is 11.3 Å². The third-order valence-electron chi connectivity index (χ3n) is 4.02. The number of carbonyl (C=O) groups is 2. The Bertz CT molecular complexity index is 722. The summed E-state index contributed by atoms with van der Waals surface area (Å²) in [5.74, 6) is -0.136. The molecule has 1 heterocycles. The number of fused-ring (bicyclic) bond motifs is 1. The van der Waals surface area contributed by atoms with Crippen LogP contribution in [0.25, 0.3) is 0 Å². The zero-order chi connectivity index (χ0) is 15.7. The molecule has 0 saturated heterocycles. The maximum Gasteiger partial charge on any atom is 0.256 e. The molecule has 0 bridgehead atoms. The molecule has 0 spiro atoms. The summed E-state index contributed by atoms with van der Waals surface area (Å²) in [5, 5.41) is 3.44. The molecule has 0 radical (unpaired) electrons. The van der Waals surface area contributed by atoms with Crippen LogP contribution in [0.5, 0.6) is 0 Å². The molecule has 4 nitrogen and oxygen atoms in total. The number of rotatable bonds is 3. The number of aryl methyl sites for hydroxylation is 1. The molecular formula is C17H18N2O2S. The maximum atomic E-state index is 12.3. The number of anilines is 1. The number of benzene rings is 1. The Kier molecular flexibility index (Phi) is 3.98. The fourth-order valence-corrected chi connectivity index (χ4v) is 4.12. The van der Waals surface area contributed by atoms with E-state index >= 15 is 0 Å². The lowest BCUT2D eigenvalue weighted by Crippen LogP contribution is -2.19. The highest BCUT2D eigenvalue weighted by Crippen LogP contribution is 2.39. The van der Waals surface area contributed by atoms with Gasteiger partial charge in [-0.05, 0) is 42.9 Å². The minimum atomic E-state index is -0.463. The van der Waals surface area contributed by atoms with Gasteiger partial charge in [-0.2, -0.15) is 0 Å². The maximum absolute atomic E-state index is 12.3. The van der Waals surface area contributed by atoms with Crippen LogP contribution in [0.2, 0.25) is 0 Å². The van der Waals surface area contributed by atoms with E-state index in [1.54, 1.807) is 12.1 Å². The quantitative estimate of drug-likeness (QED) is 0.913. The summed E-state index contributed by atoms with van der Waals surface area (Å²) in [7, 11) is 0. The first-order chi connectivity index (χ1) is 10.6. The van der Waals surface area contributed by atoms with Gasteiger partial charge in [0.1, 0.15) is 5.00 Å². The van der Waals surface area contributed by atoms with Crippen molar-refractivity contribution in [2.24, 2.45) is 11.7 Å². The predicted octanol–water partition coefficient (Wildman–Crippen LogP) is 3.22. The van der Waals surface area contributed by atoms with Gasteiger partial charge in [0.25, 0.3) is 11.8 Å². The van der Waals surface area contributed by atoms with Gasteiger partial charge < -0.3 is 11.1 Å². The first-order valence-corrected chi connectivity index (χ1v) is 8.18. The molecule has 1 aromatic heterocycles. The number of thiophene rings is 1. The van der Waals surface area contributed by atoms with E-state index in [0.717, 1.165) is 24.8 Å². The SMILES string of the molecule is CC1CCc2sc(NC(=O)c3ccccc3)c(C(N)=O)c2C1. The minimum absolute atomic E-state index is 0.213. The van der Waals surface area contributed by atoms with Crippen molar-refractivity contribution in [2.45, 2.75) is 26.2 Å². The van der Waals surface area contributed by atoms with Gasteiger partial charge in [0.2, 0.25) is 0 Å². The van der Waals surface area contributed by atoms with Crippen molar-refractivity contribution in [1.82, 2.24) is 0 Å². The monoisotopic (exact) mass is 314 g/mol. The van der Waals surface area contributed by atoms with Crippen LogP contribution in [0.4, 0.5) is 5.00 Å². The van der Waals surface area contributed by atoms with Gasteiger partial charge in [0, 0.05) is 10.4 Å².